The molecule has 0 radical (unpaired) electrons. The first-order valence-electron chi connectivity index (χ1n) is 11.6. The van der Waals surface area contributed by atoms with Crippen molar-refractivity contribution in [1.29, 1.82) is 0 Å². The van der Waals surface area contributed by atoms with E-state index in [2.05, 4.69) is 0 Å². The third kappa shape index (κ3) is 4.47. The number of carbonyl (C=O) groups is 2. The number of fused-ring (bicyclic) bond motifs is 3. The molecule has 1 aliphatic rings. The summed E-state index contributed by atoms with van der Waals surface area (Å²) in [5, 5.41) is 0.352. The van der Waals surface area contributed by atoms with Gasteiger partial charge in [-0.2, -0.15) is 0 Å². The largest absolute Gasteiger partial charge is 0.450 e. The van der Waals surface area contributed by atoms with E-state index in [0.29, 0.717) is 36.3 Å². The van der Waals surface area contributed by atoms with Crippen molar-refractivity contribution < 1.29 is 18.7 Å². The van der Waals surface area contributed by atoms with E-state index in [1.165, 1.54) is 40.2 Å². The molecule has 35 heavy (non-hydrogen) atoms. The van der Waals surface area contributed by atoms with Crippen LogP contribution in [0.15, 0.2) is 33.9 Å². The number of likely N-dealkylation sites (N-methyl/N-ethyl adjacent to an activating group) is 1. The minimum Gasteiger partial charge on any atom is -0.450 e. The summed E-state index contributed by atoms with van der Waals surface area (Å²) in [6.07, 6.45) is -0.0249. The first kappa shape index (κ1) is 24.6. The average Bonchev–Trinajstić information content (AvgIpc) is 3.23. The molecule has 1 aromatic carbocycles. The van der Waals surface area contributed by atoms with Gasteiger partial charge in [-0.15, -0.1) is 11.3 Å². The summed E-state index contributed by atoms with van der Waals surface area (Å²) >= 11 is 1.24. The minimum atomic E-state index is -0.671. The van der Waals surface area contributed by atoms with Crippen LogP contribution in [0.3, 0.4) is 0 Å². The molecule has 0 saturated carbocycles. The molecule has 0 N–H and O–H groups in total. The highest BCUT2D eigenvalue weighted by atomic mass is 32.1. The number of hydrogen-bond acceptors (Lipinski definition) is 6. The zero-order valence-electron chi connectivity index (χ0n) is 19.9. The summed E-state index contributed by atoms with van der Waals surface area (Å²) in [4.78, 5) is 56.8. The van der Waals surface area contributed by atoms with Gasteiger partial charge in [0.2, 0.25) is 5.91 Å². The van der Waals surface area contributed by atoms with Gasteiger partial charge in [-0.3, -0.25) is 14.2 Å². The van der Waals surface area contributed by atoms with Gasteiger partial charge >= 0.3 is 11.8 Å². The molecule has 0 fully saturated rings. The van der Waals surface area contributed by atoms with Crippen LogP contribution in [0.1, 0.15) is 31.2 Å². The molecule has 2 amide bonds. The average molecular weight is 503 g/mol. The zero-order chi connectivity index (χ0) is 25.3. The van der Waals surface area contributed by atoms with Crippen molar-refractivity contribution in [3.8, 4) is 5.69 Å². The Kier molecular flexibility index (Phi) is 7.06. The summed E-state index contributed by atoms with van der Waals surface area (Å²) in [5.74, 6) is -0.742. The van der Waals surface area contributed by atoms with Crippen molar-refractivity contribution in [3.63, 3.8) is 0 Å². The molecule has 0 unspecified atom stereocenters. The van der Waals surface area contributed by atoms with Crippen LogP contribution in [-0.2, 0) is 29.0 Å². The van der Waals surface area contributed by atoms with Crippen LogP contribution in [-0.4, -0.2) is 57.2 Å². The van der Waals surface area contributed by atoms with Crippen molar-refractivity contribution >= 4 is 33.6 Å². The zero-order valence-corrected chi connectivity index (χ0v) is 20.7. The lowest BCUT2D eigenvalue weighted by atomic mass is 10.1. The molecule has 9 nitrogen and oxygen atoms in total. The SMILES string of the molecule is CCOC(=O)N1CCc2c(sc3c2c(=O)n(-c2ccc(F)cc2)c(=O)n3CC(=O)N(CC)CC)C1. The van der Waals surface area contributed by atoms with Gasteiger partial charge in [0.1, 0.15) is 17.2 Å². The van der Waals surface area contributed by atoms with E-state index in [1.807, 2.05) is 13.8 Å². The third-order valence-corrected chi connectivity index (χ3v) is 7.38. The number of ether oxygens (including phenoxy) is 1. The molecule has 1 aliphatic heterocycles. The molecule has 4 rings (SSSR count). The molecule has 11 heteroatoms. The van der Waals surface area contributed by atoms with Gasteiger partial charge in [-0.25, -0.2) is 18.5 Å². The molecule has 0 atom stereocenters. The number of benzene rings is 1. The van der Waals surface area contributed by atoms with Gasteiger partial charge in [-0.1, -0.05) is 0 Å². The standard InChI is InChI=1S/C24H27FN4O5S/c1-4-26(5-2)19(30)14-28-22-20(17-11-12-27(13-18(17)35-22)24(33)34-6-3)21(31)29(23(28)32)16-9-7-15(25)8-10-16/h7-10H,4-6,11-14H2,1-3H3. The predicted octanol–water partition coefficient (Wildman–Crippen LogP) is 2.74. The molecule has 0 saturated heterocycles. The molecule has 0 spiro atoms. The highest BCUT2D eigenvalue weighted by molar-refractivity contribution is 7.18. The van der Waals surface area contributed by atoms with E-state index in [-0.39, 0.29) is 31.3 Å². The highest BCUT2D eigenvalue weighted by Gasteiger charge is 2.29. The van der Waals surface area contributed by atoms with Gasteiger partial charge < -0.3 is 14.5 Å². The molecule has 0 aliphatic carbocycles. The molecule has 0 bridgehead atoms. The van der Waals surface area contributed by atoms with Crippen LogP contribution in [0.25, 0.3) is 15.9 Å². The van der Waals surface area contributed by atoms with E-state index in [0.717, 1.165) is 15.0 Å². The summed E-state index contributed by atoms with van der Waals surface area (Å²) in [5.41, 5.74) is -0.215. The predicted molar refractivity (Wildman–Crippen MR) is 131 cm³/mol. The lowest BCUT2D eigenvalue weighted by Crippen LogP contribution is -2.42. The van der Waals surface area contributed by atoms with Gasteiger partial charge in [0.25, 0.3) is 5.56 Å². The van der Waals surface area contributed by atoms with E-state index in [4.69, 9.17) is 4.74 Å². The van der Waals surface area contributed by atoms with Gasteiger partial charge in [0.05, 0.1) is 24.2 Å². The lowest BCUT2D eigenvalue weighted by Gasteiger charge is -2.25. The number of rotatable bonds is 6. The van der Waals surface area contributed by atoms with E-state index in [1.54, 1.807) is 16.7 Å². The Morgan fingerprint density at radius 3 is 2.43 bits per heavy atom. The molecular formula is C24H27FN4O5S. The van der Waals surface area contributed by atoms with Crippen molar-refractivity contribution in [2.24, 2.45) is 0 Å². The molecule has 2 aromatic heterocycles. The second-order valence-electron chi connectivity index (χ2n) is 8.11. The van der Waals surface area contributed by atoms with Gasteiger partial charge in [-0.05, 0) is 57.0 Å². The smallest absolute Gasteiger partial charge is 0.410 e. The van der Waals surface area contributed by atoms with E-state index >= 15 is 0 Å². The Morgan fingerprint density at radius 2 is 1.80 bits per heavy atom. The van der Waals surface area contributed by atoms with E-state index < -0.39 is 23.2 Å². The van der Waals surface area contributed by atoms with Crippen LogP contribution >= 0.6 is 11.3 Å². The second-order valence-corrected chi connectivity index (χ2v) is 9.19. The van der Waals surface area contributed by atoms with Crippen LogP contribution in [0, 0.1) is 5.82 Å². The number of carbonyl (C=O) groups excluding carboxylic acids is 2. The second kappa shape index (κ2) is 10.0. The number of halogens is 1. The van der Waals surface area contributed by atoms with Crippen molar-refractivity contribution in [3.05, 3.63) is 61.4 Å². The minimum absolute atomic E-state index is 0.219. The van der Waals surface area contributed by atoms with E-state index in [9.17, 15) is 23.6 Å². The molecule has 3 heterocycles. The number of amides is 2. The summed E-state index contributed by atoms with van der Waals surface area (Å²) in [6, 6.07) is 5.08. The Hall–Kier alpha value is -3.47. The van der Waals surface area contributed by atoms with Crippen LogP contribution < -0.4 is 11.2 Å². The lowest BCUT2D eigenvalue weighted by molar-refractivity contribution is -0.131. The summed E-state index contributed by atoms with van der Waals surface area (Å²) in [6.45, 7) is 7.05. The topological polar surface area (TPSA) is 93.8 Å². The number of thiophene rings is 1. The van der Waals surface area contributed by atoms with Crippen LogP contribution in [0.2, 0.25) is 0 Å². The summed E-state index contributed by atoms with van der Waals surface area (Å²) < 4.78 is 21.0. The van der Waals surface area contributed by atoms with Crippen molar-refractivity contribution in [1.82, 2.24) is 18.9 Å². The maximum Gasteiger partial charge on any atom is 0.410 e. The fraction of sp³-hybridized carbons (Fsp3) is 0.417. The monoisotopic (exact) mass is 502 g/mol. The first-order chi connectivity index (χ1) is 16.8. The van der Waals surface area contributed by atoms with Crippen LogP contribution in [0.5, 0.6) is 0 Å². The van der Waals surface area contributed by atoms with Crippen molar-refractivity contribution in [2.75, 3.05) is 26.2 Å². The highest BCUT2D eigenvalue weighted by Crippen LogP contribution is 2.33. The quantitative estimate of drug-likeness (QED) is 0.517. The fourth-order valence-electron chi connectivity index (χ4n) is 4.35. The van der Waals surface area contributed by atoms with Gasteiger partial charge in [0.15, 0.2) is 0 Å². The molecular weight excluding hydrogens is 475 g/mol. The van der Waals surface area contributed by atoms with Gasteiger partial charge in [0, 0.05) is 24.5 Å². The number of nitrogens with zero attached hydrogens (tertiary/aromatic N) is 4. The maximum absolute atomic E-state index is 13.6. The maximum atomic E-state index is 13.6. The van der Waals surface area contributed by atoms with Crippen molar-refractivity contribution in [2.45, 2.75) is 40.3 Å². The Bertz CT molecular complexity index is 1390. The fourth-order valence-corrected chi connectivity index (χ4v) is 5.69. The third-order valence-electron chi connectivity index (χ3n) is 6.14. The molecule has 3 aromatic rings. The number of aromatic nitrogens is 2. The summed E-state index contributed by atoms with van der Waals surface area (Å²) in [7, 11) is 0. The Balaban J connectivity index is 1.93. The first-order valence-corrected chi connectivity index (χ1v) is 12.4. The normalized spacial score (nSPS) is 13.1. The Morgan fingerprint density at radius 1 is 1.11 bits per heavy atom. The number of hydrogen-bond donors (Lipinski definition) is 0. The Labute approximate surface area is 204 Å². The van der Waals surface area contributed by atoms with Crippen LogP contribution in [0.4, 0.5) is 9.18 Å². The molecule has 186 valence electrons.